The first-order valence-corrected chi connectivity index (χ1v) is 9.92. The summed E-state index contributed by atoms with van der Waals surface area (Å²) in [6.45, 7) is 5.26. The van der Waals surface area contributed by atoms with E-state index in [0.29, 0.717) is 13.2 Å². The fraction of sp³-hybridized carbons (Fsp3) is 0.348. The number of nitrogens with zero attached hydrogens (tertiary/aromatic N) is 3. The van der Waals surface area contributed by atoms with Crippen molar-refractivity contribution in [2.24, 2.45) is 0 Å². The molecule has 0 aliphatic carbocycles. The summed E-state index contributed by atoms with van der Waals surface area (Å²) in [7, 11) is 3.82. The molecule has 0 amide bonds. The average Bonchev–Trinajstić information content (AvgIpc) is 3.17. The first-order valence-electron chi connectivity index (χ1n) is 9.92. The van der Waals surface area contributed by atoms with Gasteiger partial charge in [-0.05, 0) is 30.3 Å². The van der Waals surface area contributed by atoms with Crippen LogP contribution in [0.2, 0.25) is 0 Å². The van der Waals surface area contributed by atoms with Crippen molar-refractivity contribution >= 4 is 16.7 Å². The number of likely N-dealkylation sites (N-methyl/N-ethyl adjacent to an activating group) is 1. The van der Waals surface area contributed by atoms with Gasteiger partial charge in [-0.25, -0.2) is 4.98 Å². The number of ether oxygens (including phenoxy) is 2. The molecule has 2 aromatic heterocycles. The first kappa shape index (κ1) is 18.0. The summed E-state index contributed by atoms with van der Waals surface area (Å²) in [6.07, 6.45) is 3.78. The molecule has 2 aliphatic rings. The summed E-state index contributed by atoms with van der Waals surface area (Å²) in [5, 5.41) is 0.944. The van der Waals surface area contributed by atoms with Gasteiger partial charge in [-0.3, -0.25) is 0 Å². The second-order valence-electron chi connectivity index (χ2n) is 7.58. The predicted octanol–water partition coefficient (Wildman–Crippen LogP) is 2.87. The highest BCUT2D eigenvalue weighted by atomic mass is 16.5. The number of benzene rings is 1. The fourth-order valence-electron chi connectivity index (χ4n) is 4.08. The minimum absolute atomic E-state index is 0.397. The van der Waals surface area contributed by atoms with Crippen molar-refractivity contribution in [1.29, 1.82) is 0 Å². The predicted molar refractivity (Wildman–Crippen MR) is 114 cm³/mol. The van der Waals surface area contributed by atoms with E-state index in [1.54, 1.807) is 7.11 Å². The largest absolute Gasteiger partial charge is 0.487 e. The van der Waals surface area contributed by atoms with Crippen LogP contribution in [0.4, 0.5) is 5.69 Å². The number of methoxy groups -OCH3 is 1. The molecule has 6 heteroatoms. The van der Waals surface area contributed by atoms with Crippen molar-refractivity contribution in [3.05, 3.63) is 41.7 Å². The van der Waals surface area contributed by atoms with Gasteiger partial charge in [0.05, 0.1) is 10.9 Å². The third kappa shape index (κ3) is 3.23. The van der Waals surface area contributed by atoms with Crippen molar-refractivity contribution in [1.82, 2.24) is 14.9 Å². The smallest absolute Gasteiger partial charge is 0.142 e. The Hall–Kier alpha value is -3.01. The molecule has 0 saturated carbocycles. The monoisotopic (exact) mass is 388 g/mol. The Kier molecular flexibility index (Phi) is 4.62. The summed E-state index contributed by atoms with van der Waals surface area (Å²) in [5.41, 5.74) is 6.37. The first-order chi connectivity index (χ1) is 14.2. The molecule has 6 nitrogen and oxygen atoms in total. The quantitative estimate of drug-likeness (QED) is 0.684. The average molecular weight is 388 g/mol. The van der Waals surface area contributed by atoms with Gasteiger partial charge in [0, 0.05) is 56.9 Å². The van der Waals surface area contributed by atoms with Crippen LogP contribution in [0, 0.1) is 11.8 Å². The number of aromatic nitrogens is 2. The molecule has 0 radical (unpaired) electrons. The van der Waals surface area contributed by atoms with E-state index in [1.165, 1.54) is 16.8 Å². The van der Waals surface area contributed by atoms with E-state index in [-0.39, 0.29) is 0 Å². The van der Waals surface area contributed by atoms with Crippen molar-refractivity contribution in [2.75, 3.05) is 51.8 Å². The van der Waals surface area contributed by atoms with Gasteiger partial charge in [0.25, 0.3) is 0 Å². The SMILES string of the molecule is COCC#Cc1c[nH]c2ncc3c(c12)OCc1cc(N2CCN(C)CC2)ccc1-3. The lowest BCUT2D eigenvalue weighted by molar-refractivity contribution is 0.240. The zero-order valence-corrected chi connectivity index (χ0v) is 16.8. The normalized spacial score (nSPS) is 16.0. The van der Waals surface area contributed by atoms with Crippen molar-refractivity contribution in [3.63, 3.8) is 0 Å². The molecule has 2 aliphatic heterocycles. The van der Waals surface area contributed by atoms with Crippen molar-refractivity contribution in [3.8, 4) is 28.7 Å². The number of hydrogen-bond donors (Lipinski definition) is 1. The number of rotatable bonds is 2. The van der Waals surface area contributed by atoms with Crippen LogP contribution in [0.5, 0.6) is 5.75 Å². The zero-order chi connectivity index (χ0) is 19.8. The molecule has 1 aromatic carbocycles. The van der Waals surface area contributed by atoms with Crippen molar-refractivity contribution in [2.45, 2.75) is 6.61 Å². The number of anilines is 1. The Morgan fingerprint density at radius 1 is 1.21 bits per heavy atom. The minimum atomic E-state index is 0.397. The van der Waals surface area contributed by atoms with Crippen LogP contribution in [0.25, 0.3) is 22.2 Å². The lowest BCUT2D eigenvalue weighted by Crippen LogP contribution is -2.44. The maximum atomic E-state index is 6.24. The van der Waals surface area contributed by atoms with E-state index in [9.17, 15) is 0 Å². The Morgan fingerprint density at radius 3 is 2.90 bits per heavy atom. The molecule has 5 rings (SSSR count). The van der Waals surface area contributed by atoms with Crippen LogP contribution in [0.1, 0.15) is 11.1 Å². The topological polar surface area (TPSA) is 53.6 Å². The number of piperazine rings is 1. The highest BCUT2D eigenvalue weighted by Gasteiger charge is 2.24. The van der Waals surface area contributed by atoms with Crippen LogP contribution in [-0.2, 0) is 11.3 Å². The van der Waals surface area contributed by atoms with Gasteiger partial charge in [0.2, 0.25) is 0 Å². The van der Waals surface area contributed by atoms with Crippen molar-refractivity contribution < 1.29 is 9.47 Å². The Bertz CT molecular complexity index is 1120. The molecule has 0 spiro atoms. The summed E-state index contributed by atoms with van der Waals surface area (Å²) >= 11 is 0. The summed E-state index contributed by atoms with van der Waals surface area (Å²) in [5.74, 6) is 7.04. The molecule has 3 aromatic rings. The molecule has 0 unspecified atom stereocenters. The second kappa shape index (κ2) is 7.43. The number of nitrogens with one attached hydrogen (secondary N) is 1. The molecule has 0 bridgehead atoms. The third-order valence-corrected chi connectivity index (χ3v) is 5.71. The van der Waals surface area contributed by atoms with Gasteiger partial charge in [-0.1, -0.05) is 17.9 Å². The molecule has 29 heavy (non-hydrogen) atoms. The van der Waals surface area contributed by atoms with Gasteiger partial charge in [0.15, 0.2) is 0 Å². The molecule has 1 fully saturated rings. The van der Waals surface area contributed by atoms with Gasteiger partial charge >= 0.3 is 0 Å². The fourth-order valence-corrected chi connectivity index (χ4v) is 4.08. The molecular formula is C23H24N4O2. The van der Waals surface area contributed by atoms with Crippen LogP contribution in [-0.4, -0.2) is 61.8 Å². The van der Waals surface area contributed by atoms with E-state index in [4.69, 9.17) is 9.47 Å². The van der Waals surface area contributed by atoms with Crippen LogP contribution >= 0.6 is 0 Å². The number of pyridine rings is 1. The minimum Gasteiger partial charge on any atom is -0.487 e. The van der Waals surface area contributed by atoms with E-state index in [0.717, 1.165) is 54.1 Å². The lowest BCUT2D eigenvalue weighted by atomic mass is 9.96. The lowest BCUT2D eigenvalue weighted by Gasteiger charge is -2.34. The number of H-pyrrole nitrogens is 1. The Morgan fingerprint density at radius 2 is 2.07 bits per heavy atom. The standard InChI is InChI=1S/C23H24N4O2/c1-26-7-9-27(10-8-26)18-5-6-19-17(12-18)15-29-22-20(19)14-25-23-21(22)16(13-24-23)4-3-11-28-2/h5-6,12-14H,7-11,15H2,1-2H3,(H,24,25). The maximum absolute atomic E-state index is 6.24. The Balaban J connectivity index is 1.53. The molecule has 0 atom stereocenters. The van der Waals surface area contributed by atoms with Crippen LogP contribution in [0.3, 0.4) is 0 Å². The summed E-state index contributed by atoms with van der Waals surface area (Å²) in [4.78, 5) is 12.6. The maximum Gasteiger partial charge on any atom is 0.142 e. The van der Waals surface area contributed by atoms with E-state index in [2.05, 4.69) is 56.9 Å². The highest BCUT2D eigenvalue weighted by Crippen LogP contribution is 2.43. The molecule has 1 saturated heterocycles. The Labute approximate surface area is 170 Å². The molecule has 1 N–H and O–H groups in total. The number of hydrogen-bond acceptors (Lipinski definition) is 5. The van der Waals surface area contributed by atoms with E-state index in [1.807, 2.05) is 12.4 Å². The van der Waals surface area contributed by atoms with E-state index >= 15 is 0 Å². The van der Waals surface area contributed by atoms with Gasteiger partial charge in [-0.2, -0.15) is 0 Å². The van der Waals surface area contributed by atoms with Gasteiger partial charge in [0.1, 0.15) is 24.6 Å². The second-order valence-corrected chi connectivity index (χ2v) is 7.58. The van der Waals surface area contributed by atoms with Gasteiger partial charge in [-0.15, -0.1) is 0 Å². The summed E-state index contributed by atoms with van der Waals surface area (Å²) in [6, 6.07) is 6.70. The van der Waals surface area contributed by atoms with Crippen LogP contribution in [0.15, 0.2) is 30.6 Å². The van der Waals surface area contributed by atoms with Gasteiger partial charge < -0.3 is 24.3 Å². The van der Waals surface area contributed by atoms with E-state index < -0.39 is 0 Å². The molecule has 4 heterocycles. The third-order valence-electron chi connectivity index (χ3n) is 5.71. The summed E-state index contributed by atoms with van der Waals surface area (Å²) < 4.78 is 11.3. The zero-order valence-electron chi connectivity index (χ0n) is 16.8. The molecule has 148 valence electrons. The number of aromatic amines is 1. The molecular weight excluding hydrogens is 364 g/mol. The highest BCUT2D eigenvalue weighted by molar-refractivity contribution is 5.96. The van der Waals surface area contributed by atoms with Crippen LogP contribution < -0.4 is 9.64 Å². The number of fused-ring (bicyclic) bond motifs is 5.